The molecule has 18 rings (SSSR count). The number of piperidine rings is 1. The second-order valence-electron chi connectivity index (χ2n) is 35.4. The molecular weight excluding hydrogens is 2140 g/mol. The molecule has 8 N–H and O–H groups in total. The number of carbonyl (C=O) groups is 4. The first-order valence-corrected chi connectivity index (χ1v) is 57.8. The fourth-order valence-corrected chi connectivity index (χ4v) is 27.5. The fraction of sp³-hybridized carbons (Fsp3) is 0.255. The van der Waals surface area contributed by atoms with E-state index in [1.165, 1.54) is 80.6 Å². The van der Waals surface area contributed by atoms with Crippen LogP contribution in [0.3, 0.4) is 0 Å². The molecule has 1 aliphatic heterocycles. The number of hydrogen-bond acceptors (Lipinski definition) is 30. The van der Waals surface area contributed by atoms with Crippen LogP contribution in [-0.2, 0) is 84.2 Å². The number of aromatic nitrogens is 8. The normalized spacial score (nSPS) is 12.9. The van der Waals surface area contributed by atoms with Crippen LogP contribution in [0.5, 0.6) is 0 Å². The van der Waals surface area contributed by atoms with Gasteiger partial charge in [0, 0.05) is 87.7 Å². The number of nitrogens with one attached hydrogen (secondary N) is 8. The van der Waals surface area contributed by atoms with Gasteiger partial charge in [0.2, 0.25) is 0 Å². The number of likely N-dealkylation sites (tertiary alicyclic amines) is 1. The molecule has 2 fully saturated rings. The average Bonchev–Trinajstić information content (AvgIpc) is 0.970. The molecule has 0 amide bonds. The molecule has 9 heterocycles. The zero-order valence-electron chi connectivity index (χ0n) is 79.5. The monoisotopic (exact) mass is 2230 g/mol. The number of Topliss-reactive ketones (excluding diaryl/α,β-unsaturated/α-hetero) is 4. The lowest BCUT2D eigenvalue weighted by atomic mass is 10.1. The van der Waals surface area contributed by atoms with E-state index >= 15 is 0 Å². The molecule has 1 saturated carbocycles. The third-order valence-corrected chi connectivity index (χ3v) is 37.7. The maximum atomic E-state index is 13.2. The van der Waals surface area contributed by atoms with Crippen LogP contribution in [0, 0.1) is 5.92 Å². The van der Waals surface area contributed by atoms with Crippen LogP contribution in [0.2, 0.25) is 17.3 Å². The summed E-state index contributed by atoms with van der Waals surface area (Å²) in [5.41, 5.74) is 4.50. The van der Waals surface area contributed by atoms with Crippen LogP contribution in [0.25, 0.3) is 66.4 Å². The zero-order chi connectivity index (χ0) is 106. The second-order valence-corrected chi connectivity index (χ2v) is 51.2. The van der Waals surface area contributed by atoms with E-state index in [-0.39, 0.29) is 42.5 Å². The molecule has 0 atom stereocenters. The van der Waals surface area contributed by atoms with E-state index in [0.717, 1.165) is 139 Å². The molecule has 0 unspecified atom stereocenters. The van der Waals surface area contributed by atoms with E-state index in [1.807, 2.05) is 38.1 Å². The molecule has 0 radical (unpaired) electrons. The number of anilines is 4. The van der Waals surface area contributed by atoms with Crippen molar-refractivity contribution in [3.63, 3.8) is 0 Å². The Hall–Kier alpha value is -12.9. The molecule has 0 spiro atoms. The average molecular weight is 2240 g/mol. The second kappa shape index (κ2) is 48.1. The molecule has 16 aromatic rings. The summed E-state index contributed by atoms with van der Waals surface area (Å²) in [5.74, 6) is -3.75. The van der Waals surface area contributed by atoms with E-state index in [1.54, 1.807) is 158 Å². The number of halogens is 4. The lowest BCUT2D eigenvalue weighted by Crippen LogP contribution is -2.34. The topological polar surface area (TPSA) is 479 Å². The van der Waals surface area contributed by atoms with Crippen molar-refractivity contribution >= 4 is 221 Å². The number of ketones is 4. The van der Waals surface area contributed by atoms with Crippen molar-refractivity contribution < 1.29 is 52.8 Å². The van der Waals surface area contributed by atoms with Gasteiger partial charge >= 0.3 is 22.8 Å². The van der Waals surface area contributed by atoms with Gasteiger partial charge in [-0.3, -0.25) is 38.4 Å². The van der Waals surface area contributed by atoms with Gasteiger partial charge in [-0.25, -0.2) is 71.1 Å². The minimum absolute atomic E-state index is 0.0487. The smallest absolute Gasteiger partial charge is 0.333 e. The van der Waals surface area contributed by atoms with E-state index in [4.69, 9.17) is 46.4 Å². The summed E-state index contributed by atoms with van der Waals surface area (Å²) >= 11 is 26.9. The molecule has 8 aromatic carbocycles. The Labute approximate surface area is 882 Å². The van der Waals surface area contributed by atoms with Crippen molar-refractivity contribution in [2.24, 2.45) is 5.92 Å². The number of thiophene rings is 4. The Morgan fingerprint density at radius 2 is 0.608 bits per heavy atom. The summed E-state index contributed by atoms with van der Waals surface area (Å²) in [5, 5.41) is 14.7. The maximum absolute atomic E-state index is 13.2. The van der Waals surface area contributed by atoms with Gasteiger partial charge in [-0.05, 0) is 257 Å². The van der Waals surface area contributed by atoms with Crippen molar-refractivity contribution in [1.29, 1.82) is 0 Å². The van der Waals surface area contributed by atoms with Crippen molar-refractivity contribution in [2.75, 3.05) is 111 Å². The Kier molecular flexibility index (Phi) is 35.5. The molecule has 2 aliphatic rings. The van der Waals surface area contributed by atoms with Gasteiger partial charge in [-0.2, -0.15) is 0 Å². The van der Waals surface area contributed by atoms with Crippen LogP contribution in [-0.4, -0.2) is 194 Å². The number of hydrogen-bond donors (Lipinski definition) is 8. The molecule has 8 aromatic heterocycles. The van der Waals surface area contributed by atoms with Gasteiger partial charge in [0.25, 0.3) is 22.2 Å². The number of likely N-dealkylation sites (N-methyl/N-ethyl adjacent to an activating group) is 1. The SMILES string of the molecule is CCCNc1ccc2c(=O)n(-c3ccc(CC(=O)CS(=O)(=O)c4ccc(Cl)s4)cc3)c(=O)[nH]c2c1.CN(C)CCNc1ccc2c(=O)n(-c3ccc(CC(=O)CS(=O)(=O)c4ccc(Cl)s4)cc3)c(=O)[nH]c2c1.O=C(Cc1ccc(-n2c(=O)[nH]c3cc(NCC4CC4)ccc3c2=O)cc1)CS(=O)(=O)c1ccc(Cl)s1.O=C(Cc1ccc(-n2c(=O)[nH]c3cc(NCCN4CCCCC4)ccc3c2=O)cc1)CS(=O)(=O)c1ccc(Cl)s1. The van der Waals surface area contributed by atoms with E-state index < -0.39 is 130 Å². The third-order valence-electron chi connectivity index (χ3n) is 23.8. The van der Waals surface area contributed by atoms with Gasteiger partial charge in [-0.1, -0.05) is 108 Å². The predicted octanol–water partition coefficient (Wildman–Crippen LogP) is 14.4. The lowest BCUT2D eigenvalue weighted by Gasteiger charge is -2.26. The summed E-state index contributed by atoms with van der Waals surface area (Å²) in [6.45, 7) is 9.19. The summed E-state index contributed by atoms with van der Waals surface area (Å²) in [6, 6.07) is 57.6. The highest BCUT2D eigenvalue weighted by molar-refractivity contribution is 7.95. The predicted molar refractivity (Wildman–Crippen MR) is 587 cm³/mol. The minimum atomic E-state index is -3.77. The number of rotatable bonds is 38. The van der Waals surface area contributed by atoms with Crippen LogP contribution in [0.1, 0.15) is 67.7 Å². The lowest BCUT2D eigenvalue weighted by molar-refractivity contribution is -0.116. The van der Waals surface area contributed by atoms with Gasteiger partial charge in [0.1, 0.15) is 39.8 Å². The van der Waals surface area contributed by atoms with Crippen LogP contribution in [0.4, 0.5) is 22.7 Å². The van der Waals surface area contributed by atoms with Gasteiger partial charge < -0.3 is 51.0 Å². The summed E-state index contributed by atoms with van der Waals surface area (Å²) in [4.78, 5) is 169. The summed E-state index contributed by atoms with van der Waals surface area (Å²) < 4.78 is 105. The minimum Gasteiger partial charge on any atom is -0.385 e. The van der Waals surface area contributed by atoms with E-state index in [0.29, 0.717) is 118 Å². The zero-order valence-corrected chi connectivity index (χ0v) is 89.1. The fourth-order valence-electron chi connectivity index (χ4n) is 16.2. The molecule has 148 heavy (non-hydrogen) atoms. The molecule has 34 nitrogen and oxygen atoms in total. The highest BCUT2D eigenvalue weighted by atomic mass is 35.5. The molecule has 46 heteroatoms. The van der Waals surface area contributed by atoms with Crippen LogP contribution < -0.4 is 66.3 Å². The largest absolute Gasteiger partial charge is 0.385 e. The quantitative estimate of drug-likeness (QED) is 0.0178. The van der Waals surface area contributed by atoms with Crippen molar-refractivity contribution in [3.8, 4) is 22.7 Å². The number of carbonyl (C=O) groups excluding carboxylic acids is 4. The Bertz CT molecular complexity index is 8750. The summed E-state index contributed by atoms with van der Waals surface area (Å²) in [6.07, 6.45) is 6.74. The summed E-state index contributed by atoms with van der Waals surface area (Å²) in [7, 11) is -11.1. The Balaban J connectivity index is 0.000000148. The standard InChI is InChI=1S/C28H29ClN4O5S2.C25H25ClN4O5S2.C25H22ClN3O5S2.C24H22ClN3O5S2/c29-25-10-11-26(39-25)40(37,38)18-22(34)16-19-4-7-21(8-5-19)33-27(35)23-9-6-20(17-24(23)31-28(33)36)30-12-15-32-13-2-1-3-14-32;1-29(2)12-11-27-17-5-8-20-21(14-17)28-25(33)30(24(20)32)18-6-3-16(4-7-18)13-19(31)15-37(34,35)23-10-9-22(26)36-23;26-22-9-10-23(35-22)36(33,34)14-19(30)11-15-3-6-18(7-4-15)29-24(31)20-8-5-17(27-13-16-1-2-16)12-21(20)28-25(29)32;1-2-11-26-16-5-8-19-20(13-16)27-24(31)28(23(19)30)17-6-3-15(4-7-17)12-18(29)14-35(32,33)22-10-9-21(25)34-22/h4-11,17,30H,1-3,12-16,18H2,(H,31,36);3-10,14,27H,11-13,15H2,1-2H3,(H,28,33);3-10,12,16,27H,1-2,11,13-14H2,(H,28,32);3-10,13,26H,2,11-12,14H2,1H3,(H,27,31). The number of nitrogens with zero attached hydrogens (tertiary/aromatic N) is 6. The van der Waals surface area contributed by atoms with Gasteiger partial charge in [-0.15, -0.1) is 45.3 Å². The van der Waals surface area contributed by atoms with Crippen LogP contribution >= 0.6 is 91.8 Å². The molecule has 1 saturated heterocycles. The van der Waals surface area contributed by atoms with Gasteiger partial charge in [0.15, 0.2) is 62.5 Å². The first-order valence-electron chi connectivity index (χ1n) is 46.5. The first-order chi connectivity index (χ1) is 70.6. The molecule has 1 aliphatic carbocycles. The number of fused-ring (bicyclic) bond motifs is 4. The highest BCUT2D eigenvalue weighted by Crippen LogP contribution is 2.34. The third kappa shape index (κ3) is 28.2. The number of sulfone groups is 4. The molecular formula is C102H98Cl4N14O20S8. The number of aromatic amines is 4. The van der Waals surface area contributed by atoms with Crippen molar-refractivity contribution in [3.05, 3.63) is 341 Å². The number of benzene rings is 8. The van der Waals surface area contributed by atoms with Crippen molar-refractivity contribution in [2.45, 2.75) is 88.0 Å². The molecule has 772 valence electrons. The number of H-pyrrole nitrogens is 4. The maximum Gasteiger partial charge on any atom is 0.333 e. The highest BCUT2D eigenvalue weighted by Gasteiger charge is 2.29. The van der Waals surface area contributed by atoms with Gasteiger partial charge in [0.05, 0.1) is 83.7 Å². The Morgan fingerprint density at radius 3 is 0.858 bits per heavy atom. The van der Waals surface area contributed by atoms with Crippen molar-refractivity contribution in [1.82, 2.24) is 48.0 Å². The Morgan fingerprint density at radius 1 is 0.345 bits per heavy atom. The van der Waals surface area contributed by atoms with E-state index in [2.05, 4.69) is 46.1 Å². The molecule has 0 bridgehead atoms. The van der Waals surface area contributed by atoms with Crippen LogP contribution in [0.15, 0.2) is 274 Å². The van der Waals surface area contributed by atoms with E-state index in [9.17, 15) is 91.2 Å². The first kappa shape index (κ1) is 109.